The summed E-state index contributed by atoms with van der Waals surface area (Å²) in [5.74, 6) is -1.71. The standard InChI is InChI=1S/C21H15FN4O3/c1-11-17-18(12-2-6-14(22)7-3-12)16(10-23)19(24)29-20(17)26(25-11)15-8-4-13(5-9-15)21(27)28/h2-9,18H,24H2,1H3,(H,27,28). The minimum atomic E-state index is -1.03. The van der Waals surface area contributed by atoms with Gasteiger partial charge in [0.15, 0.2) is 0 Å². The molecule has 2 aromatic carbocycles. The van der Waals surface area contributed by atoms with Crippen LogP contribution in [0.1, 0.15) is 33.1 Å². The molecule has 29 heavy (non-hydrogen) atoms. The Bertz CT molecular complexity index is 1190. The number of carbonyl (C=O) groups is 1. The third-order valence-corrected chi connectivity index (χ3v) is 4.79. The molecule has 8 heteroatoms. The molecule has 1 atom stereocenters. The SMILES string of the molecule is Cc1nn(-c2ccc(C(=O)O)cc2)c2c1C(c1ccc(F)cc1)C(C#N)=C(N)O2. The van der Waals surface area contributed by atoms with Crippen molar-refractivity contribution in [1.82, 2.24) is 9.78 Å². The van der Waals surface area contributed by atoms with Gasteiger partial charge in [0.25, 0.3) is 0 Å². The van der Waals surface area contributed by atoms with Crippen LogP contribution < -0.4 is 10.5 Å². The molecule has 144 valence electrons. The Morgan fingerprint density at radius 1 is 1.24 bits per heavy atom. The van der Waals surface area contributed by atoms with Crippen LogP contribution >= 0.6 is 0 Å². The summed E-state index contributed by atoms with van der Waals surface area (Å²) in [6, 6.07) is 14.0. The van der Waals surface area contributed by atoms with Gasteiger partial charge in [-0.25, -0.2) is 13.9 Å². The molecule has 1 unspecified atom stereocenters. The summed E-state index contributed by atoms with van der Waals surface area (Å²) in [6.45, 7) is 1.78. The maximum atomic E-state index is 13.4. The van der Waals surface area contributed by atoms with Crippen LogP contribution in [-0.2, 0) is 0 Å². The van der Waals surface area contributed by atoms with Gasteiger partial charge in [0, 0.05) is 0 Å². The highest BCUT2D eigenvalue weighted by molar-refractivity contribution is 5.87. The number of aromatic carboxylic acids is 1. The first-order valence-corrected chi connectivity index (χ1v) is 8.67. The van der Waals surface area contributed by atoms with Crippen LogP contribution in [0.3, 0.4) is 0 Å². The number of carboxylic acid groups (broad SMARTS) is 1. The molecule has 2 heterocycles. The fourth-order valence-corrected chi connectivity index (χ4v) is 3.42. The molecule has 3 aromatic rings. The quantitative estimate of drug-likeness (QED) is 0.710. The van der Waals surface area contributed by atoms with E-state index in [1.54, 1.807) is 31.2 Å². The normalized spacial score (nSPS) is 15.4. The number of hydrogen-bond acceptors (Lipinski definition) is 5. The van der Waals surface area contributed by atoms with Crippen molar-refractivity contribution in [3.63, 3.8) is 0 Å². The number of benzene rings is 2. The number of hydrogen-bond donors (Lipinski definition) is 2. The van der Waals surface area contributed by atoms with Gasteiger partial charge in [0.1, 0.15) is 17.5 Å². The monoisotopic (exact) mass is 390 g/mol. The van der Waals surface area contributed by atoms with E-state index in [1.807, 2.05) is 0 Å². The Morgan fingerprint density at radius 3 is 2.48 bits per heavy atom. The van der Waals surface area contributed by atoms with Crippen LogP contribution in [0.2, 0.25) is 0 Å². The molecule has 1 aliphatic heterocycles. The first-order chi connectivity index (χ1) is 13.9. The fraction of sp³-hybridized carbons (Fsp3) is 0.0952. The topological polar surface area (TPSA) is 114 Å². The second kappa shape index (κ2) is 6.80. The second-order valence-electron chi connectivity index (χ2n) is 6.54. The molecular weight excluding hydrogens is 375 g/mol. The number of nitrogens with two attached hydrogens (primary N) is 1. The molecule has 7 nitrogen and oxygen atoms in total. The van der Waals surface area contributed by atoms with Gasteiger partial charge in [0.2, 0.25) is 11.8 Å². The lowest BCUT2D eigenvalue weighted by atomic mass is 9.84. The van der Waals surface area contributed by atoms with Gasteiger partial charge in [-0.3, -0.25) is 0 Å². The minimum Gasteiger partial charge on any atom is -0.478 e. The van der Waals surface area contributed by atoms with Crippen molar-refractivity contribution in [2.45, 2.75) is 12.8 Å². The zero-order valence-electron chi connectivity index (χ0n) is 15.3. The largest absolute Gasteiger partial charge is 0.478 e. The number of nitriles is 1. The average Bonchev–Trinajstić information content (AvgIpc) is 3.03. The van der Waals surface area contributed by atoms with Gasteiger partial charge in [-0.15, -0.1) is 0 Å². The lowest BCUT2D eigenvalue weighted by Gasteiger charge is -2.24. The van der Waals surface area contributed by atoms with Crippen molar-refractivity contribution in [1.29, 1.82) is 5.26 Å². The Labute approximate surface area is 165 Å². The average molecular weight is 390 g/mol. The van der Waals surface area contributed by atoms with E-state index in [4.69, 9.17) is 15.6 Å². The van der Waals surface area contributed by atoms with Gasteiger partial charge in [-0.2, -0.15) is 10.4 Å². The third-order valence-electron chi connectivity index (χ3n) is 4.79. The predicted molar refractivity (Wildman–Crippen MR) is 101 cm³/mol. The van der Waals surface area contributed by atoms with Crippen molar-refractivity contribution in [3.05, 3.63) is 88.2 Å². The minimum absolute atomic E-state index is 0.0577. The number of ether oxygens (including phenoxy) is 1. The molecule has 0 bridgehead atoms. The molecular formula is C21H15FN4O3. The van der Waals surface area contributed by atoms with Gasteiger partial charge in [-0.1, -0.05) is 12.1 Å². The van der Waals surface area contributed by atoms with E-state index in [0.717, 1.165) is 0 Å². The first kappa shape index (κ1) is 18.3. The maximum absolute atomic E-state index is 13.4. The molecule has 3 N–H and O–H groups in total. The van der Waals surface area contributed by atoms with Gasteiger partial charge >= 0.3 is 5.97 Å². The van der Waals surface area contributed by atoms with Crippen LogP contribution in [0.15, 0.2) is 60.0 Å². The molecule has 0 spiro atoms. The molecule has 4 rings (SSSR count). The number of fused-ring (bicyclic) bond motifs is 1. The Balaban J connectivity index is 1.89. The summed E-state index contributed by atoms with van der Waals surface area (Å²) < 4.78 is 20.7. The number of rotatable bonds is 3. The van der Waals surface area contributed by atoms with Crippen molar-refractivity contribution in [2.24, 2.45) is 5.73 Å². The number of allylic oxidation sites excluding steroid dienone is 1. The van der Waals surface area contributed by atoms with Crippen molar-refractivity contribution in [2.75, 3.05) is 0 Å². The van der Waals surface area contributed by atoms with Crippen molar-refractivity contribution >= 4 is 5.97 Å². The van der Waals surface area contributed by atoms with E-state index in [-0.39, 0.29) is 22.8 Å². The van der Waals surface area contributed by atoms with E-state index < -0.39 is 11.9 Å². The van der Waals surface area contributed by atoms with Crippen molar-refractivity contribution < 1.29 is 19.0 Å². The third kappa shape index (κ3) is 2.99. The Hall–Kier alpha value is -4.12. The van der Waals surface area contributed by atoms with Crippen LogP contribution in [-0.4, -0.2) is 20.9 Å². The zero-order chi connectivity index (χ0) is 20.7. The van der Waals surface area contributed by atoms with Crippen LogP contribution in [0.4, 0.5) is 4.39 Å². The van der Waals surface area contributed by atoms with Gasteiger partial charge < -0.3 is 15.6 Å². The van der Waals surface area contributed by atoms with Crippen LogP contribution in [0, 0.1) is 24.1 Å². The van der Waals surface area contributed by atoms with E-state index in [1.165, 1.54) is 28.9 Å². The van der Waals surface area contributed by atoms with E-state index >= 15 is 0 Å². The van der Waals surface area contributed by atoms with E-state index in [0.29, 0.717) is 28.4 Å². The van der Waals surface area contributed by atoms with Crippen LogP contribution in [0.25, 0.3) is 5.69 Å². The highest BCUT2D eigenvalue weighted by Crippen LogP contribution is 2.44. The molecule has 0 amide bonds. The number of aryl methyl sites for hydroxylation is 1. The van der Waals surface area contributed by atoms with Crippen molar-refractivity contribution in [3.8, 4) is 17.6 Å². The summed E-state index contributed by atoms with van der Waals surface area (Å²) in [5.41, 5.74) is 8.89. The summed E-state index contributed by atoms with van der Waals surface area (Å²) in [6.07, 6.45) is 0. The lowest BCUT2D eigenvalue weighted by Crippen LogP contribution is -2.22. The van der Waals surface area contributed by atoms with E-state index in [2.05, 4.69) is 11.2 Å². The number of nitrogens with zero attached hydrogens (tertiary/aromatic N) is 3. The molecule has 0 radical (unpaired) electrons. The first-order valence-electron chi connectivity index (χ1n) is 8.67. The molecule has 0 saturated carbocycles. The zero-order valence-corrected chi connectivity index (χ0v) is 15.3. The maximum Gasteiger partial charge on any atom is 0.335 e. The summed E-state index contributed by atoms with van der Waals surface area (Å²) >= 11 is 0. The molecule has 0 fully saturated rings. The lowest BCUT2D eigenvalue weighted by molar-refractivity contribution is 0.0697. The molecule has 1 aromatic heterocycles. The molecule has 0 saturated heterocycles. The number of halogens is 1. The van der Waals surface area contributed by atoms with Gasteiger partial charge in [-0.05, 0) is 48.9 Å². The highest BCUT2D eigenvalue weighted by Gasteiger charge is 2.36. The van der Waals surface area contributed by atoms with Gasteiger partial charge in [0.05, 0.1) is 28.4 Å². The summed E-state index contributed by atoms with van der Waals surface area (Å²) in [7, 11) is 0. The predicted octanol–water partition coefficient (Wildman–Crippen LogP) is 3.24. The highest BCUT2D eigenvalue weighted by atomic mass is 19.1. The van der Waals surface area contributed by atoms with Crippen LogP contribution in [0.5, 0.6) is 5.88 Å². The number of carboxylic acids is 1. The molecule has 0 aliphatic carbocycles. The smallest absolute Gasteiger partial charge is 0.335 e. The number of aromatic nitrogens is 2. The summed E-state index contributed by atoms with van der Waals surface area (Å²) in [5, 5.41) is 23.2. The van der Waals surface area contributed by atoms with E-state index in [9.17, 15) is 14.4 Å². The fourth-order valence-electron chi connectivity index (χ4n) is 3.42. The second-order valence-corrected chi connectivity index (χ2v) is 6.54. The summed E-state index contributed by atoms with van der Waals surface area (Å²) in [4.78, 5) is 11.1. The Morgan fingerprint density at radius 2 is 1.90 bits per heavy atom. The Kier molecular flexibility index (Phi) is 4.28. The molecule has 1 aliphatic rings.